The van der Waals surface area contributed by atoms with E-state index in [1.165, 1.54) is 12.4 Å². The Morgan fingerprint density at radius 2 is 1.73 bits per heavy atom. The van der Waals surface area contributed by atoms with Gasteiger partial charge in [0.1, 0.15) is 0 Å². The van der Waals surface area contributed by atoms with Gasteiger partial charge in [0.2, 0.25) is 5.95 Å². The lowest BCUT2D eigenvalue weighted by Gasteiger charge is -2.14. The molecule has 0 spiro atoms. The zero-order valence-electron chi connectivity index (χ0n) is 13.9. The van der Waals surface area contributed by atoms with Gasteiger partial charge in [-0.05, 0) is 30.7 Å². The maximum absolute atomic E-state index is 12.3. The highest BCUT2D eigenvalue weighted by Crippen LogP contribution is 2.26. The second-order valence-corrected chi connectivity index (χ2v) is 6.49. The summed E-state index contributed by atoms with van der Waals surface area (Å²) in [5.41, 5.74) is 1.87. The van der Waals surface area contributed by atoms with E-state index in [9.17, 15) is 4.79 Å². The van der Waals surface area contributed by atoms with Crippen LogP contribution >= 0.6 is 23.2 Å². The Morgan fingerprint density at radius 1 is 1.04 bits per heavy atom. The number of amides is 1. The molecule has 0 bridgehead atoms. The second kappa shape index (κ2) is 8.17. The van der Waals surface area contributed by atoms with Crippen LogP contribution in [0.1, 0.15) is 28.9 Å². The molecule has 0 aliphatic carbocycles. The number of rotatable bonds is 5. The summed E-state index contributed by atoms with van der Waals surface area (Å²) < 4.78 is 0. The van der Waals surface area contributed by atoms with Crippen LogP contribution in [0, 0.1) is 0 Å². The van der Waals surface area contributed by atoms with Crippen LogP contribution in [0.4, 0.5) is 11.6 Å². The van der Waals surface area contributed by atoms with Crippen LogP contribution in [-0.4, -0.2) is 15.9 Å². The number of anilines is 2. The predicted molar refractivity (Wildman–Crippen MR) is 105 cm³/mol. The van der Waals surface area contributed by atoms with Crippen molar-refractivity contribution in [3.63, 3.8) is 0 Å². The molecular weight excluding hydrogens is 371 g/mol. The number of hydrogen-bond donors (Lipinski definition) is 2. The number of nitrogens with zero attached hydrogens (tertiary/aromatic N) is 2. The molecule has 0 fully saturated rings. The molecule has 0 radical (unpaired) electrons. The lowest BCUT2D eigenvalue weighted by atomic mass is 10.1. The standard InChI is InChI=1S/C19H16Cl2N4O/c1-12(13-5-3-2-4-6-13)24-19-22-10-14(11-23-19)18(26)25-17-9-15(20)7-8-16(17)21/h2-12H,1H3,(H,25,26)(H,22,23,24). The van der Waals surface area contributed by atoms with Crippen molar-refractivity contribution in [1.29, 1.82) is 0 Å². The highest BCUT2D eigenvalue weighted by atomic mass is 35.5. The van der Waals surface area contributed by atoms with E-state index >= 15 is 0 Å². The average Bonchev–Trinajstić information content (AvgIpc) is 2.66. The number of carbonyl (C=O) groups excluding carboxylic acids is 1. The fourth-order valence-corrected chi connectivity index (χ4v) is 2.66. The van der Waals surface area contributed by atoms with Crippen LogP contribution in [0.2, 0.25) is 10.0 Å². The Bertz CT molecular complexity index is 901. The Labute approximate surface area is 161 Å². The number of aromatic nitrogens is 2. The molecule has 1 heterocycles. The third-order valence-corrected chi connectivity index (χ3v) is 4.30. The van der Waals surface area contributed by atoms with Crippen molar-refractivity contribution < 1.29 is 4.79 Å². The van der Waals surface area contributed by atoms with Crippen molar-refractivity contribution in [2.45, 2.75) is 13.0 Å². The van der Waals surface area contributed by atoms with Gasteiger partial charge in [0, 0.05) is 17.4 Å². The Balaban J connectivity index is 1.67. The molecule has 2 aromatic carbocycles. The first-order valence-corrected chi connectivity index (χ1v) is 8.68. The normalized spacial score (nSPS) is 11.7. The number of nitrogens with one attached hydrogen (secondary N) is 2. The minimum absolute atomic E-state index is 0.0427. The maximum atomic E-state index is 12.3. The summed E-state index contributed by atoms with van der Waals surface area (Å²) in [6.07, 6.45) is 2.92. The first-order chi connectivity index (χ1) is 12.5. The van der Waals surface area contributed by atoms with Gasteiger partial charge in [-0.25, -0.2) is 9.97 Å². The number of benzene rings is 2. The predicted octanol–water partition coefficient (Wildman–Crippen LogP) is 5.21. The largest absolute Gasteiger partial charge is 0.348 e. The summed E-state index contributed by atoms with van der Waals surface area (Å²) in [4.78, 5) is 20.7. The van der Waals surface area contributed by atoms with Gasteiger partial charge in [0.05, 0.1) is 22.3 Å². The van der Waals surface area contributed by atoms with Gasteiger partial charge in [-0.1, -0.05) is 53.5 Å². The lowest BCUT2D eigenvalue weighted by molar-refractivity contribution is 0.102. The average molecular weight is 387 g/mol. The van der Waals surface area contributed by atoms with Gasteiger partial charge in [0.25, 0.3) is 5.91 Å². The molecule has 3 aromatic rings. The Morgan fingerprint density at radius 3 is 2.42 bits per heavy atom. The van der Waals surface area contributed by atoms with Crippen LogP contribution in [-0.2, 0) is 0 Å². The topological polar surface area (TPSA) is 66.9 Å². The van der Waals surface area contributed by atoms with E-state index in [1.54, 1.807) is 18.2 Å². The third-order valence-electron chi connectivity index (χ3n) is 3.74. The third kappa shape index (κ3) is 4.50. The maximum Gasteiger partial charge on any atom is 0.258 e. The van der Waals surface area contributed by atoms with E-state index in [4.69, 9.17) is 23.2 Å². The van der Waals surface area contributed by atoms with Gasteiger partial charge < -0.3 is 10.6 Å². The van der Waals surface area contributed by atoms with Gasteiger partial charge in [-0.3, -0.25) is 4.79 Å². The van der Waals surface area contributed by atoms with Crippen molar-refractivity contribution in [3.8, 4) is 0 Å². The first-order valence-electron chi connectivity index (χ1n) is 7.93. The molecule has 1 unspecified atom stereocenters. The molecule has 3 rings (SSSR count). The van der Waals surface area contributed by atoms with Gasteiger partial charge >= 0.3 is 0 Å². The molecule has 1 atom stereocenters. The molecule has 132 valence electrons. The van der Waals surface area contributed by atoms with E-state index < -0.39 is 0 Å². The van der Waals surface area contributed by atoms with Crippen LogP contribution in [0.15, 0.2) is 60.9 Å². The fourth-order valence-electron chi connectivity index (χ4n) is 2.33. The summed E-state index contributed by atoms with van der Waals surface area (Å²) in [6.45, 7) is 2.01. The van der Waals surface area contributed by atoms with E-state index in [0.717, 1.165) is 5.56 Å². The van der Waals surface area contributed by atoms with Gasteiger partial charge in [-0.15, -0.1) is 0 Å². The Hall–Kier alpha value is -2.63. The van der Waals surface area contributed by atoms with Crippen LogP contribution in [0.3, 0.4) is 0 Å². The van der Waals surface area contributed by atoms with Crippen molar-refractivity contribution in [3.05, 3.63) is 82.1 Å². The summed E-state index contributed by atoms with van der Waals surface area (Å²) in [6, 6.07) is 14.9. The zero-order valence-corrected chi connectivity index (χ0v) is 15.4. The van der Waals surface area contributed by atoms with Gasteiger partial charge in [-0.2, -0.15) is 0 Å². The molecule has 2 N–H and O–H groups in total. The Kier molecular flexibility index (Phi) is 5.71. The highest BCUT2D eigenvalue weighted by molar-refractivity contribution is 6.35. The SMILES string of the molecule is CC(Nc1ncc(C(=O)Nc2cc(Cl)ccc2Cl)cn1)c1ccccc1. The molecule has 1 aromatic heterocycles. The van der Waals surface area contributed by atoms with E-state index in [-0.39, 0.29) is 11.9 Å². The summed E-state index contributed by atoms with van der Waals surface area (Å²) >= 11 is 12.0. The van der Waals surface area contributed by atoms with E-state index in [2.05, 4.69) is 20.6 Å². The quantitative estimate of drug-likeness (QED) is 0.631. The van der Waals surface area contributed by atoms with Crippen molar-refractivity contribution >= 4 is 40.7 Å². The molecule has 26 heavy (non-hydrogen) atoms. The zero-order chi connectivity index (χ0) is 18.5. The molecule has 0 saturated heterocycles. The van der Waals surface area contributed by atoms with E-state index in [1.807, 2.05) is 37.3 Å². The minimum atomic E-state index is -0.364. The van der Waals surface area contributed by atoms with E-state index in [0.29, 0.717) is 27.2 Å². The highest BCUT2D eigenvalue weighted by Gasteiger charge is 2.11. The summed E-state index contributed by atoms with van der Waals surface area (Å²) in [7, 11) is 0. The van der Waals surface area contributed by atoms with Crippen molar-refractivity contribution in [2.75, 3.05) is 10.6 Å². The molecule has 0 aliphatic heterocycles. The summed E-state index contributed by atoms with van der Waals surface area (Å²) in [5, 5.41) is 6.78. The number of hydrogen-bond acceptors (Lipinski definition) is 4. The van der Waals surface area contributed by atoms with Crippen LogP contribution in [0.5, 0.6) is 0 Å². The lowest BCUT2D eigenvalue weighted by Crippen LogP contribution is -2.14. The molecule has 0 aliphatic rings. The molecule has 7 heteroatoms. The number of halogens is 2. The van der Waals surface area contributed by atoms with Crippen LogP contribution in [0.25, 0.3) is 0 Å². The fraction of sp³-hybridized carbons (Fsp3) is 0.105. The molecule has 1 amide bonds. The molecular formula is C19H16Cl2N4O. The van der Waals surface area contributed by atoms with Gasteiger partial charge in [0.15, 0.2) is 0 Å². The smallest absolute Gasteiger partial charge is 0.258 e. The minimum Gasteiger partial charge on any atom is -0.348 e. The van der Waals surface area contributed by atoms with Crippen molar-refractivity contribution in [1.82, 2.24) is 9.97 Å². The first kappa shape index (κ1) is 18.2. The molecule has 5 nitrogen and oxygen atoms in total. The monoisotopic (exact) mass is 386 g/mol. The number of carbonyl (C=O) groups is 1. The second-order valence-electron chi connectivity index (χ2n) is 5.65. The molecule has 0 saturated carbocycles. The van der Waals surface area contributed by atoms with Crippen LogP contribution < -0.4 is 10.6 Å². The van der Waals surface area contributed by atoms with Crippen molar-refractivity contribution in [2.24, 2.45) is 0 Å². The summed E-state index contributed by atoms with van der Waals surface area (Å²) in [5.74, 6) is 0.0792.